The zero-order valence-electron chi connectivity index (χ0n) is 11.0. The van der Waals surface area contributed by atoms with Crippen LogP contribution < -0.4 is 5.32 Å². The Morgan fingerprint density at radius 3 is 2.70 bits per heavy atom. The highest BCUT2D eigenvalue weighted by Crippen LogP contribution is 2.24. The van der Waals surface area contributed by atoms with E-state index in [0.717, 1.165) is 21.8 Å². The molecule has 1 aromatic carbocycles. The van der Waals surface area contributed by atoms with Crippen molar-refractivity contribution >= 4 is 40.7 Å². The van der Waals surface area contributed by atoms with Crippen molar-refractivity contribution in [3.8, 4) is 0 Å². The number of hydrogen-bond donors (Lipinski definition) is 2. The van der Waals surface area contributed by atoms with Crippen LogP contribution in [0.3, 0.4) is 0 Å². The highest BCUT2D eigenvalue weighted by Gasteiger charge is 2.16. The fourth-order valence-corrected chi connectivity index (χ4v) is 2.86. The van der Waals surface area contributed by atoms with E-state index in [9.17, 15) is 9.59 Å². The number of nitrogens with one attached hydrogen (secondary N) is 1. The molecule has 0 aliphatic rings. The van der Waals surface area contributed by atoms with Crippen LogP contribution in [0.5, 0.6) is 0 Å². The molecule has 0 bridgehead atoms. The first-order valence-electron chi connectivity index (χ1n) is 5.79. The van der Waals surface area contributed by atoms with E-state index in [1.165, 1.54) is 0 Å². The van der Waals surface area contributed by atoms with Crippen molar-refractivity contribution in [3.05, 3.63) is 45.6 Å². The van der Waals surface area contributed by atoms with Crippen molar-refractivity contribution in [2.24, 2.45) is 0 Å². The number of amides is 1. The number of thiophene rings is 1. The molecule has 2 aromatic rings. The van der Waals surface area contributed by atoms with Crippen molar-refractivity contribution in [3.63, 3.8) is 0 Å². The van der Waals surface area contributed by atoms with Gasteiger partial charge in [0.15, 0.2) is 0 Å². The third kappa shape index (κ3) is 3.02. The van der Waals surface area contributed by atoms with Gasteiger partial charge in [0.25, 0.3) is 5.91 Å². The van der Waals surface area contributed by atoms with Gasteiger partial charge in [0.2, 0.25) is 0 Å². The molecule has 2 N–H and O–H groups in total. The molecule has 6 heteroatoms. The summed E-state index contributed by atoms with van der Waals surface area (Å²) in [5.74, 6) is -1.33. The van der Waals surface area contributed by atoms with Crippen LogP contribution >= 0.6 is 23.1 Å². The van der Waals surface area contributed by atoms with Gasteiger partial charge in [-0.1, -0.05) is 6.07 Å². The molecule has 0 saturated heterocycles. The number of hydrogen-bond acceptors (Lipinski definition) is 4. The average molecular weight is 307 g/mol. The maximum Gasteiger partial charge on any atom is 0.348 e. The minimum Gasteiger partial charge on any atom is -0.477 e. The Morgan fingerprint density at radius 1 is 1.30 bits per heavy atom. The maximum absolute atomic E-state index is 12.3. The summed E-state index contributed by atoms with van der Waals surface area (Å²) in [4.78, 5) is 24.4. The average Bonchev–Trinajstić information content (AvgIpc) is 2.87. The lowest BCUT2D eigenvalue weighted by Gasteiger charge is -2.08. The summed E-state index contributed by atoms with van der Waals surface area (Å²) < 4.78 is 0. The third-order valence-corrected chi connectivity index (χ3v) is 4.42. The monoisotopic (exact) mass is 307 g/mol. The molecule has 4 nitrogen and oxygen atoms in total. The molecule has 1 heterocycles. The molecule has 0 radical (unpaired) electrons. The van der Waals surface area contributed by atoms with Crippen LogP contribution in [-0.2, 0) is 0 Å². The Bertz CT molecular complexity index is 664. The largest absolute Gasteiger partial charge is 0.477 e. The molecular weight excluding hydrogens is 294 g/mol. The number of anilines is 1. The van der Waals surface area contributed by atoms with E-state index in [2.05, 4.69) is 5.32 Å². The Balaban J connectivity index is 2.28. The standard InChI is InChI=1S/C14H13NO3S2/c1-8-3-4-9(19-2)7-10(8)13(16)15-11-5-6-20-12(11)14(17)18/h3-7H,1-2H3,(H,15,16)(H,17,18). The Morgan fingerprint density at radius 2 is 2.05 bits per heavy atom. The highest BCUT2D eigenvalue weighted by atomic mass is 32.2. The van der Waals surface area contributed by atoms with E-state index < -0.39 is 5.97 Å². The topological polar surface area (TPSA) is 66.4 Å². The Labute approximate surface area is 124 Å². The number of carboxylic acid groups (broad SMARTS) is 1. The van der Waals surface area contributed by atoms with Gasteiger partial charge in [-0.15, -0.1) is 23.1 Å². The van der Waals surface area contributed by atoms with Crippen LogP contribution in [0, 0.1) is 6.92 Å². The molecule has 0 unspecified atom stereocenters. The van der Waals surface area contributed by atoms with Gasteiger partial charge in [-0.25, -0.2) is 4.79 Å². The molecule has 1 aromatic heterocycles. The molecule has 2 rings (SSSR count). The van der Waals surface area contributed by atoms with E-state index in [-0.39, 0.29) is 10.8 Å². The van der Waals surface area contributed by atoms with Gasteiger partial charge >= 0.3 is 5.97 Å². The summed E-state index contributed by atoms with van der Waals surface area (Å²) in [5, 5.41) is 13.3. The van der Waals surface area contributed by atoms with Crippen molar-refractivity contribution in [1.82, 2.24) is 0 Å². The quantitative estimate of drug-likeness (QED) is 0.845. The number of thioether (sulfide) groups is 1. The van der Waals surface area contributed by atoms with Gasteiger partial charge in [-0.05, 0) is 42.3 Å². The SMILES string of the molecule is CSc1ccc(C)c(C(=O)Nc2ccsc2C(=O)O)c1. The first-order valence-corrected chi connectivity index (χ1v) is 7.90. The van der Waals surface area contributed by atoms with E-state index >= 15 is 0 Å². The van der Waals surface area contributed by atoms with Gasteiger partial charge in [-0.3, -0.25) is 4.79 Å². The molecule has 104 valence electrons. The van der Waals surface area contributed by atoms with Crippen LogP contribution in [0.4, 0.5) is 5.69 Å². The van der Waals surface area contributed by atoms with Crippen molar-refractivity contribution < 1.29 is 14.7 Å². The molecule has 1 amide bonds. The normalized spacial score (nSPS) is 10.3. The second kappa shape index (κ2) is 6.11. The first kappa shape index (κ1) is 14.6. The molecule has 0 aliphatic carbocycles. The van der Waals surface area contributed by atoms with Gasteiger partial charge in [-0.2, -0.15) is 0 Å². The van der Waals surface area contributed by atoms with E-state index in [0.29, 0.717) is 11.3 Å². The number of aryl methyl sites for hydroxylation is 1. The molecule has 0 saturated carbocycles. The van der Waals surface area contributed by atoms with Gasteiger partial charge < -0.3 is 10.4 Å². The summed E-state index contributed by atoms with van der Waals surface area (Å²) in [5.41, 5.74) is 1.74. The fourth-order valence-electron chi connectivity index (χ4n) is 1.74. The van der Waals surface area contributed by atoms with Gasteiger partial charge in [0.05, 0.1) is 5.69 Å². The first-order chi connectivity index (χ1) is 9.52. The summed E-state index contributed by atoms with van der Waals surface area (Å²) in [6.45, 7) is 1.85. The molecular formula is C14H13NO3S2. The summed E-state index contributed by atoms with van der Waals surface area (Å²) in [6.07, 6.45) is 1.94. The van der Waals surface area contributed by atoms with Gasteiger partial charge in [0, 0.05) is 10.5 Å². The van der Waals surface area contributed by atoms with E-state index in [1.807, 2.05) is 31.4 Å². The minimum atomic E-state index is -1.04. The number of rotatable bonds is 4. The number of benzene rings is 1. The number of aromatic carboxylic acids is 1. The van der Waals surface area contributed by atoms with Crippen LogP contribution in [0.2, 0.25) is 0 Å². The van der Waals surface area contributed by atoms with E-state index in [4.69, 9.17) is 5.11 Å². The van der Waals surface area contributed by atoms with Crippen LogP contribution in [0.25, 0.3) is 0 Å². The second-order valence-electron chi connectivity index (χ2n) is 4.10. The molecule has 20 heavy (non-hydrogen) atoms. The third-order valence-electron chi connectivity index (χ3n) is 2.80. The number of carbonyl (C=O) groups excluding carboxylic acids is 1. The lowest BCUT2D eigenvalue weighted by atomic mass is 10.1. The summed E-state index contributed by atoms with van der Waals surface area (Å²) in [7, 11) is 0. The Kier molecular flexibility index (Phi) is 4.46. The molecule has 0 fully saturated rings. The molecule has 0 spiro atoms. The summed E-state index contributed by atoms with van der Waals surface area (Å²) >= 11 is 2.64. The second-order valence-corrected chi connectivity index (χ2v) is 5.90. The highest BCUT2D eigenvalue weighted by molar-refractivity contribution is 7.98. The zero-order chi connectivity index (χ0) is 14.7. The predicted molar refractivity (Wildman–Crippen MR) is 82.2 cm³/mol. The van der Waals surface area contributed by atoms with Crippen molar-refractivity contribution in [2.75, 3.05) is 11.6 Å². The number of carboxylic acids is 1. The molecule has 0 atom stereocenters. The lowest BCUT2D eigenvalue weighted by Crippen LogP contribution is -2.14. The minimum absolute atomic E-state index is 0.136. The lowest BCUT2D eigenvalue weighted by molar-refractivity contribution is 0.0703. The Hall–Kier alpha value is -1.79. The van der Waals surface area contributed by atoms with Gasteiger partial charge in [0.1, 0.15) is 4.88 Å². The smallest absolute Gasteiger partial charge is 0.348 e. The maximum atomic E-state index is 12.3. The van der Waals surface area contributed by atoms with Crippen LogP contribution in [-0.4, -0.2) is 23.2 Å². The van der Waals surface area contributed by atoms with Crippen molar-refractivity contribution in [1.29, 1.82) is 0 Å². The fraction of sp³-hybridized carbons (Fsp3) is 0.143. The summed E-state index contributed by atoms with van der Waals surface area (Å²) in [6, 6.07) is 7.23. The van der Waals surface area contributed by atoms with Crippen LogP contribution in [0.1, 0.15) is 25.6 Å². The van der Waals surface area contributed by atoms with Crippen LogP contribution in [0.15, 0.2) is 34.5 Å². The zero-order valence-corrected chi connectivity index (χ0v) is 12.6. The molecule has 0 aliphatic heterocycles. The van der Waals surface area contributed by atoms with Crippen molar-refractivity contribution in [2.45, 2.75) is 11.8 Å². The van der Waals surface area contributed by atoms with E-state index in [1.54, 1.807) is 23.2 Å². The predicted octanol–water partition coefficient (Wildman–Crippen LogP) is 3.73. The number of carbonyl (C=O) groups is 2.